The van der Waals surface area contributed by atoms with Crippen LogP contribution in [-0.2, 0) is 4.79 Å². The highest BCUT2D eigenvalue weighted by Gasteiger charge is 2.09. The van der Waals surface area contributed by atoms with Gasteiger partial charge in [-0.1, -0.05) is 0 Å². The minimum Gasteiger partial charge on any atom is -0.481 e. The molecule has 0 aliphatic carbocycles. The van der Waals surface area contributed by atoms with Crippen LogP contribution in [0.4, 0.5) is 23.1 Å². The number of hydrogen-bond acceptors (Lipinski definition) is 7. The number of nitrogens with one attached hydrogen (secondary N) is 2. The molecule has 4 aromatic rings. The number of carboxylic acid groups (broad SMARTS) is 1. The zero-order valence-corrected chi connectivity index (χ0v) is 19.1. The minimum absolute atomic E-state index is 0.480. The van der Waals surface area contributed by atoms with Gasteiger partial charge in [-0.15, -0.1) is 0 Å². The number of carboxylic acids is 1. The van der Waals surface area contributed by atoms with Crippen LogP contribution in [-0.4, -0.2) is 26.0 Å². The first kappa shape index (κ1) is 23.9. The lowest BCUT2D eigenvalue weighted by atomic mass is 9.99. The predicted octanol–water partition coefficient (Wildman–Crippen LogP) is 5.61. The van der Waals surface area contributed by atoms with Gasteiger partial charge in [-0.25, -0.2) is 4.98 Å². The Hall–Kier alpha value is -4.77. The maximum Gasteiger partial charge on any atom is 0.300 e. The summed E-state index contributed by atoms with van der Waals surface area (Å²) >= 11 is 0. The number of aryl methyl sites for hydroxylation is 2. The van der Waals surface area contributed by atoms with E-state index in [0.717, 1.165) is 40.6 Å². The molecule has 4 rings (SSSR count). The van der Waals surface area contributed by atoms with Gasteiger partial charge in [0.2, 0.25) is 5.95 Å². The third-order valence-electron chi connectivity index (χ3n) is 4.73. The predicted molar refractivity (Wildman–Crippen MR) is 132 cm³/mol. The van der Waals surface area contributed by atoms with Gasteiger partial charge < -0.3 is 15.7 Å². The average Bonchev–Trinajstić information content (AvgIpc) is 2.82. The summed E-state index contributed by atoms with van der Waals surface area (Å²) in [5.41, 5.74) is 7.00. The molecule has 0 unspecified atom stereocenters. The van der Waals surface area contributed by atoms with Crippen molar-refractivity contribution in [2.24, 2.45) is 0 Å². The molecule has 0 spiro atoms. The Bertz CT molecular complexity index is 1290. The number of rotatable bonds is 5. The molecular formula is C26H24N6O2. The van der Waals surface area contributed by atoms with Crippen LogP contribution in [0, 0.1) is 25.2 Å². The van der Waals surface area contributed by atoms with Crippen LogP contribution >= 0.6 is 0 Å². The molecule has 2 aromatic carbocycles. The summed E-state index contributed by atoms with van der Waals surface area (Å²) in [6.07, 6.45) is 5.31. The van der Waals surface area contributed by atoms with Gasteiger partial charge in [0.25, 0.3) is 5.97 Å². The van der Waals surface area contributed by atoms with E-state index in [0.29, 0.717) is 17.3 Å². The quantitative estimate of drug-likeness (QED) is 0.357. The van der Waals surface area contributed by atoms with Crippen molar-refractivity contribution >= 4 is 29.1 Å². The first-order valence-electron chi connectivity index (χ1n) is 10.4. The van der Waals surface area contributed by atoms with Gasteiger partial charge in [0.05, 0.1) is 11.6 Å². The second-order valence-electron chi connectivity index (χ2n) is 7.44. The van der Waals surface area contributed by atoms with Crippen LogP contribution in [0.3, 0.4) is 0 Å². The lowest BCUT2D eigenvalue weighted by molar-refractivity contribution is -0.134. The number of hydrogen-bond donors (Lipinski definition) is 3. The molecule has 2 heterocycles. The van der Waals surface area contributed by atoms with Gasteiger partial charge in [-0.2, -0.15) is 10.2 Å². The number of benzene rings is 2. The van der Waals surface area contributed by atoms with Gasteiger partial charge in [0.1, 0.15) is 5.82 Å². The van der Waals surface area contributed by atoms with Crippen LogP contribution in [0.2, 0.25) is 0 Å². The van der Waals surface area contributed by atoms with E-state index in [4.69, 9.17) is 15.2 Å². The summed E-state index contributed by atoms with van der Waals surface area (Å²) in [5, 5.41) is 22.9. The van der Waals surface area contributed by atoms with Crippen LogP contribution in [0.25, 0.3) is 11.1 Å². The fourth-order valence-electron chi connectivity index (χ4n) is 3.25. The summed E-state index contributed by atoms with van der Waals surface area (Å²) in [6.45, 7) is 5.24. The van der Waals surface area contributed by atoms with Gasteiger partial charge in [0, 0.05) is 36.9 Å². The van der Waals surface area contributed by atoms with Gasteiger partial charge >= 0.3 is 0 Å². The lowest BCUT2D eigenvalue weighted by Crippen LogP contribution is -2.02. The maximum atomic E-state index is 9.00. The Balaban J connectivity index is 0.000000751. The lowest BCUT2D eigenvalue weighted by Gasteiger charge is -2.15. The first-order valence-corrected chi connectivity index (χ1v) is 10.4. The number of pyridine rings is 1. The summed E-state index contributed by atoms with van der Waals surface area (Å²) in [5.74, 6) is 0.345. The molecule has 0 aliphatic rings. The Morgan fingerprint density at radius 2 is 1.53 bits per heavy atom. The SMILES string of the molecule is CC(=O)O.Cc1cc(-c2ccncc2)cc(C)c1Nc1ccnc(Nc2ccc(C#N)cc2)n1. The van der Waals surface area contributed by atoms with Crippen LogP contribution in [0.5, 0.6) is 0 Å². The van der Waals surface area contributed by atoms with E-state index >= 15 is 0 Å². The van der Waals surface area contributed by atoms with E-state index in [1.807, 2.05) is 30.3 Å². The van der Waals surface area contributed by atoms with Crippen LogP contribution < -0.4 is 10.6 Å². The van der Waals surface area contributed by atoms with Crippen LogP contribution in [0.1, 0.15) is 23.6 Å². The first-order chi connectivity index (χ1) is 16.4. The Morgan fingerprint density at radius 3 is 2.12 bits per heavy atom. The second-order valence-corrected chi connectivity index (χ2v) is 7.44. The summed E-state index contributed by atoms with van der Waals surface area (Å²) in [4.78, 5) is 21.9. The highest BCUT2D eigenvalue weighted by atomic mass is 16.4. The summed E-state index contributed by atoms with van der Waals surface area (Å²) in [7, 11) is 0. The molecule has 8 heteroatoms. The van der Waals surface area contributed by atoms with Crippen molar-refractivity contribution in [1.82, 2.24) is 15.0 Å². The number of aliphatic carboxylic acids is 1. The average molecular weight is 453 g/mol. The highest BCUT2D eigenvalue weighted by Crippen LogP contribution is 2.30. The molecule has 34 heavy (non-hydrogen) atoms. The number of nitriles is 1. The van der Waals surface area contributed by atoms with E-state index in [1.54, 1.807) is 30.7 Å². The monoisotopic (exact) mass is 452 g/mol. The number of nitrogens with zero attached hydrogens (tertiary/aromatic N) is 4. The van der Waals surface area contributed by atoms with E-state index < -0.39 is 5.97 Å². The highest BCUT2D eigenvalue weighted by molar-refractivity contribution is 5.73. The molecule has 0 saturated carbocycles. The van der Waals surface area contributed by atoms with Crippen molar-refractivity contribution in [2.75, 3.05) is 10.6 Å². The van der Waals surface area contributed by atoms with E-state index in [9.17, 15) is 0 Å². The Kier molecular flexibility index (Phi) is 7.87. The molecular weight excluding hydrogens is 428 g/mol. The van der Waals surface area contributed by atoms with Gasteiger partial charge in [-0.05, 0) is 90.7 Å². The third kappa shape index (κ3) is 6.61. The van der Waals surface area contributed by atoms with Gasteiger partial charge in [-0.3, -0.25) is 9.78 Å². The fraction of sp³-hybridized carbons (Fsp3) is 0.115. The molecule has 0 amide bonds. The fourth-order valence-corrected chi connectivity index (χ4v) is 3.25. The number of anilines is 4. The molecule has 3 N–H and O–H groups in total. The molecule has 0 fully saturated rings. The largest absolute Gasteiger partial charge is 0.481 e. The molecule has 0 atom stereocenters. The molecule has 0 radical (unpaired) electrons. The standard InChI is InChI=1S/C24H20N6.C2H4O2/c1-16-13-20(19-7-10-26-11-8-19)14-17(2)23(16)29-22-9-12-27-24(30-22)28-21-5-3-18(15-25)4-6-21;1-2(3)4/h3-14H,1-2H3,(H2,27,28,29,30);1H3,(H,3,4). The number of carbonyl (C=O) groups is 1. The zero-order valence-electron chi connectivity index (χ0n) is 19.1. The maximum absolute atomic E-state index is 9.00. The van der Waals surface area contributed by atoms with Gasteiger partial charge in [0.15, 0.2) is 0 Å². The summed E-state index contributed by atoms with van der Waals surface area (Å²) < 4.78 is 0. The van der Waals surface area contributed by atoms with Crippen molar-refractivity contribution in [2.45, 2.75) is 20.8 Å². The molecule has 2 aromatic heterocycles. The smallest absolute Gasteiger partial charge is 0.300 e. The van der Waals surface area contributed by atoms with E-state index in [1.165, 1.54) is 0 Å². The third-order valence-corrected chi connectivity index (χ3v) is 4.73. The number of aromatic nitrogens is 3. The molecule has 0 bridgehead atoms. The van der Waals surface area contributed by atoms with Crippen molar-refractivity contribution in [3.8, 4) is 17.2 Å². The van der Waals surface area contributed by atoms with Crippen molar-refractivity contribution in [1.29, 1.82) is 5.26 Å². The Morgan fingerprint density at radius 1 is 0.912 bits per heavy atom. The molecule has 170 valence electrons. The second kappa shape index (κ2) is 11.2. The Labute approximate surface area is 198 Å². The van der Waals surface area contributed by atoms with Crippen molar-refractivity contribution < 1.29 is 9.90 Å². The van der Waals surface area contributed by atoms with E-state index in [2.05, 4.69) is 57.6 Å². The van der Waals surface area contributed by atoms with Crippen LogP contribution in [0.15, 0.2) is 73.2 Å². The van der Waals surface area contributed by atoms with Crippen molar-refractivity contribution in [3.63, 3.8) is 0 Å². The van der Waals surface area contributed by atoms with E-state index in [-0.39, 0.29) is 0 Å². The molecule has 0 aliphatic heterocycles. The minimum atomic E-state index is -0.833. The topological polar surface area (TPSA) is 124 Å². The normalized spacial score (nSPS) is 9.82. The molecule has 8 nitrogen and oxygen atoms in total. The summed E-state index contributed by atoms with van der Waals surface area (Å²) in [6, 6.07) is 19.4. The van der Waals surface area contributed by atoms with Crippen molar-refractivity contribution in [3.05, 3.63) is 89.9 Å². The zero-order chi connectivity index (χ0) is 24.5. The molecule has 0 saturated heterocycles.